The maximum absolute atomic E-state index is 9.44. The Kier molecular flexibility index (Phi) is 6.94. The van der Waals surface area contributed by atoms with Crippen LogP contribution in [0.25, 0.3) is 53.9 Å². The lowest BCUT2D eigenvalue weighted by Crippen LogP contribution is -2.09. The topological polar surface area (TPSA) is 72.7 Å². The molecular weight excluding hydrogens is 566 g/mol. The van der Waals surface area contributed by atoms with Gasteiger partial charge in [0.25, 0.3) is 0 Å². The van der Waals surface area contributed by atoms with Gasteiger partial charge < -0.3 is 9.32 Å². The van der Waals surface area contributed by atoms with Crippen LogP contribution >= 0.6 is 0 Å². The van der Waals surface area contributed by atoms with Crippen molar-refractivity contribution >= 4 is 50.4 Å². The molecule has 0 saturated carbocycles. The molecule has 0 N–H and O–H groups in total. The molecule has 0 aliphatic heterocycles. The number of fused-ring (bicyclic) bond motifs is 3. The summed E-state index contributed by atoms with van der Waals surface area (Å²) in [5.41, 5.74) is 9.14. The molecule has 6 nitrogen and oxygen atoms in total. The number of nitriles is 2. The minimum absolute atomic E-state index is 0.277. The predicted octanol–water partition coefficient (Wildman–Crippen LogP) is 11.2. The lowest BCUT2D eigenvalue weighted by atomic mass is 9.99. The van der Waals surface area contributed by atoms with E-state index in [4.69, 9.17) is 17.6 Å². The van der Waals surface area contributed by atoms with Gasteiger partial charge in [-0.25, -0.2) is 0 Å². The highest BCUT2D eigenvalue weighted by Gasteiger charge is 2.17. The van der Waals surface area contributed by atoms with Gasteiger partial charge in [-0.3, -0.25) is 9.69 Å². The van der Waals surface area contributed by atoms with Gasteiger partial charge in [0.05, 0.1) is 36.4 Å². The standard InChI is InChI=1S/C40H21N5O/c1-43-37-19-18-33(23-38(37)44-2)45(31-14-10-28(11-15-31)30-21-26(24-41)20-27(22-30)25-42)32-16-12-29(13-17-32)34-7-5-8-36-35-6-3-4-9-39(35)46-40(34)36/h3-23H. The van der Waals surface area contributed by atoms with Gasteiger partial charge >= 0.3 is 0 Å². The third kappa shape index (κ3) is 4.86. The van der Waals surface area contributed by atoms with Crippen molar-refractivity contribution in [2.75, 3.05) is 4.90 Å². The van der Waals surface area contributed by atoms with Gasteiger partial charge in [0.15, 0.2) is 11.4 Å². The van der Waals surface area contributed by atoms with Crippen LogP contribution in [-0.2, 0) is 0 Å². The Morgan fingerprint density at radius 2 is 1.15 bits per heavy atom. The number of hydrogen-bond donors (Lipinski definition) is 0. The van der Waals surface area contributed by atoms with Crippen LogP contribution in [0.5, 0.6) is 0 Å². The maximum Gasteiger partial charge on any atom is 0.196 e. The Morgan fingerprint density at radius 3 is 1.80 bits per heavy atom. The first-order chi connectivity index (χ1) is 22.6. The first-order valence-electron chi connectivity index (χ1n) is 14.4. The molecule has 0 bridgehead atoms. The molecule has 7 aromatic rings. The summed E-state index contributed by atoms with van der Waals surface area (Å²) in [6.07, 6.45) is 0. The molecule has 0 atom stereocenters. The minimum Gasteiger partial charge on any atom is -0.455 e. The second-order valence-electron chi connectivity index (χ2n) is 10.6. The third-order valence-electron chi connectivity index (χ3n) is 7.95. The summed E-state index contributed by atoms with van der Waals surface area (Å²) in [6, 6.07) is 44.8. The first kappa shape index (κ1) is 27.7. The lowest BCUT2D eigenvalue weighted by molar-refractivity contribution is 0.670. The number of nitrogens with zero attached hydrogens (tertiary/aromatic N) is 5. The summed E-state index contributed by atoms with van der Waals surface area (Å²) in [5, 5.41) is 21.0. The summed E-state index contributed by atoms with van der Waals surface area (Å²) in [4.78, 5) is 9.15. The Bertz CT molecular complexity index is 2430. The maximum atomic E-state index is 9.44. The van der Waals surface area contributed by atoms with Gasteiger partial charge in [0.2, 0.25) is 0 Å². The Morgan fingerprint density at radius 1 is 0.543 bits per heavy atom. The Hall–Kier alpha value is -7.12. The van der Waals surface area contributed by atoms with E-state index in [2.05, 4.69) is 52.2 Å². The van der Waals surface area contributed by atoms with Crippen LogP contribution in [0.4, 0.5) is 28.4 Å². The van der Waals surface area contributed by atoms with E-state index in [1.54, 1.807) is 30.3 Å². The van der Waals surface area contributed by atoms with E-state index < -0.39 is 0 Å². The highest BCUT2D eigenvalue weighted by atomic mass is 16.3. The van der Waals surface area contributed by atoms with Crippen LogP contribution in [-0.4, -0.2) is 0 Å². The molecule has 0 fully saturated rings. The van der Waals surface area contributed by atoms with Crippen molar-refractivity contribution < 1.29 is 4.42 Å². The summed E-state index contributed by atoms with van der Waals surface area (Å²) >= 11 is 0. The van der Waals surface area contributed by atoms with Crippen molar-refractivity contribution in [1.29, 1.82) is 10.5 Å². The number of para-hydroxylation sites is 2. The smallest absolute Gasteiger partial charge is 0.196 e. The van der Waals surface area contributed by atoms with Gasteiger partial charge in [-0.05, 0) is 71.3 Å². The van der Waals surface area contributed by atoms with Crippen molar-refractivity contribution in [3.05, 3.63) is 161 Å². The van der Waals surface area contributed by atoms with Crippen LogP contribution in [0.15, 0.2) is 132 Å². The molecule has 7 rings (SSSR count). The fraction of sp³-hybridized carbons (Fsp3) is 0. The number of rotatable bonds is 5. The summed E-state index contributed by atoms with van der Waals surface area (Å²) in [6.45, 7) is 15.1. The molecule has 6 aromatic carbocycles. The molecule has 1 aromatic heterocycles. The van der Waals surface area contributed by atoms with Crippen LogP contribution in [0, 0.1) is 35.8 Å². The number of anilines is 3. The fourth-order valence-electron chi connectivity index (χ4n) is 5.77. The van der Waals surface area contributed by atoms with E-state index in [0.29, 0.717) is 16.8 Å². The van der Waals surface area contributed by atoms with Crippen molar-refractivity contribution in [2.24, 2.45) is 0 Å². The Balaban J connectivity index is 1.32. The molecule has 0 saturated heterocycles. The molecule has 0 unspecified atom stereocenters. The summed E-state index contributed by atoms with van der Waals surface area (Å²) in [5.74, 6) is 0. The molecule has 0 aliphatic rings. The molecular formula is C40H21N5O. The second-order valence-corrected chi connectivity index (χ2v) is 10.6. The highest BCUT2D eigenvalue weighted by Crippen LogP contribution is 2.42. The molecule has 6 heteroatoms. The zero-order valence-electron chi connectivity index (χ0n) is 24.3. The zero-order chi connectivity index (χ0) is 31.6. The van der Waals surface area contributed by atoms with E-state index in [1.165, 1.54) is 0 Å². The number of furan rings is 1. The summed E-state index contributed by atoms with van der Waals surface area (Å²) < 4.78 is 6.28. The Labute approximate surface area is 265 Å². The largest absolute Gasteiger partial charge is 0.455 e. The molecule has 0 amide bonds. The molecule has 0 spiro atoms. The zero-order valence-corrected chi connectivity index (χ0v) is 24.3. The fourth-order valence-corrected chi connectivity index (χ4v) is 5.77. The van der Waals surface area contributed by atoms with E-state index in [-0.39, 0.29) is 5.69 Å². The van der Waals surface area contributed by atoms with E-state index in [0.717, 1.165) is 61.3 Å². The number of benzene rings is 6. The average Bonchev–Trinajstić information content (AvgIpc) is 3.51. The number of hydrogen-bond acceptors (Lipinski definition) is 4. The van der Waals surface area contributed by atoms with E-state index in [9.17, 15) is 10.5 Å². The van der Waals surface area contributed by atoms with Crippen molar-refractivity contribution in [3.63, 3.8) is 0 Å². The van der Waals surface area contributed by atoms with Crippen molar-refractivity contribution in [2.45, 2.75) is 0 Å². The quantitative estimate of drug-likeness (QED) is 0.188. The van der Waals surface area contributed by atoms with Gasteiger partial charge in [0, 0.05) is 33.4 Å². The first-order valence-corrected chi connectivity index (χ1v) is 14.4. The minimum atomic E-state index is 0.277. The summed E-state index contributed by atoms with van der Waals surface area (Å²) in [7, 11) is 0. The van der Waals surface area contributed by atoms with Crippen molar-refractivity contribution in [3.8, 4) is 34.4 Å². The lowest BCUT2D eigenvalue weighted by Gasteiger charge is -2.26. The SMILES string of the molecule is [C-]#[N+]c1ccc(N(c2ccc(-c3cc(C#N)cc(C#N)c3)cc2)c2ccc(-c3cccc4c3oc3ccccc34)cc2)cc1[N+]#[C-]. The molecule has 1 heterocycles. The molecule has 46 heavy (non-hydrogen) atoms. The third-order valence-corrected chi connectivity index (χ3v) is 7.95. The van der Waals surface area contributed by atoms with Gasteiger partial charge in [0.1, 0.15) is 11.2 Å². The van der Waals surface area contributed by atoms with Crippen LogP contribution in [0.2, 0.25) is 0 Å². The van der Waals surface area contributed by atoms with Gasteiger partial charge in [-0.15, -0.1) is 0 Å². The highest BCUT2D eigenvalue weighted by molar-refractivity contribution is 6.09. The monoisotopic (exact) mass is 587 g/mol. The molecule has 212 valence electrons. The van der Waals surface area contributed by atoms with Crippen molar-refractivity contribution in [1.82, 2.24) is 0 Å². The van der Waals surface area contributed by atoms with Gasteiger partial charge in [-0.2, -0.15) is 10.5 Å². The molecule has 0 radical (unpaired) electrons. The van der Waals surface area contributed by atoms with Crippen LogP contribution < -0.4 is 4.90 Å². The molecule has 0 aliphatic carbocycles. The van der Waals surface area contributed by atoms with E-state index in [1.807, 2.05) is 71.6 Å². The van der Waals surface area contributed by atoms with E-state index >= 15 is 0 Å². The van der Waals surface area contributed by atoms with Crippen LogP contribution in [0.1, 0.15) is 11.1 Å². The van der Waals surface area contributed by atoms with Crippen LogP contribution in [0.3, 0.4) is 0 Å². The predicted molar refractivity (Wildman–Crippen MR) is 181 cm³/mol. The average molecular weight is 588 g/mol. The second kappa shape index (κ2) is 11.5. The van der Waals surface area contributed by atoms with Gasteiger partial charge in [-0.1, -0.05) is 72.8 Å². The normalized spacial score (nSPS) is 10.5.